The van der Waals surface area contributed by atoms with E-state index in [-0.39, 0.29) is 12.5 Å². The fourth-order valence-electron chi connectivity index (χ4n) is 4.58. The van der Waals surface area contributed by atoms with Gasteiger partial charge in [0.25, 0.3) is 0 Å². The van der Waals surface area contributed by atoms with Crippen LogP contribution in [0.3, 0.4) is 0 Å². The summed E-state index contributed by atoms with van der Waals surface area (Å²) < 4.78 is 30.6. The minimum Gasteiger partial charge on any atom is -0.508 e. The van der Waals surface area contributed by atoms with E-state index in [4.69, 9.17) is 25.4 Å². The van der Waals surface area contributed by atoms with E-state index in [1.54, 1.807) is 12.1 Å². The number of phenolic OH excluding ortho intramolecular Hbond substituents is 1. The van der Waals surface area contributed by atoms with E-state index in [1.807, 2.05) is 36.4 Å². The van der Waals surface area contributed by atoms with Crippen LogP contribution in [0.4, 0.5) is 0 Å². The van der Waals surface area contributed by atoms with Gasteiger partial charge in [0.05, 0.1) is 12.7 Å². The highest BCUT2D eigenvalue weighted by Crippen LogP contribution is 2.56. The third kappa shape index (κ3) is 6.33. The van der Waals surface area contributed by atoms with Gasteiger partial charge in [-0.15, -0.1) is 0 Å². The standard InChI is InChI=1S/C29H34ClO5P/c1-5-19(2)27-16-22(9-10-28(27)31)15-26-20(3)13-25(14-21(26)4)33-18-36(32)34-12-11-29(35-36)23-7-6-8-24(30)17-23/h6-10,13-14,16-17,19,29,31H,5,11-12,15,18H2,1-4H3. The molecule has 0 spiro atoms. The molecular formula is C29H34ClO5P. The monoisotopic (exact) mass is 528 g/mol. The van der Waals surface area contributed by atoms with Crippen LogP contribution in [0.15, 0.2) is 54.6 Å². The maximum atomic E-state index is 13.3. The zero-order chi connectivity index (χ0) is 25.9. The molecule has 3 aromatic carbocycles. The van der Waals surface area contributed by atoms with Crippen molar-refractivity contribution in [3.8, 4) is 11.5 Å². The van der Waals surface area contributed by atoms with Gasteiger partial charge < -0.3 is 14.4 Å². The first-order valence-electron chi connectivity index (χ1n) is 12.4. The minimum atomic E-state index is -3.42. The SMILES string of the molecule is CCC(C)c1cc(Cc2c(C)cc(OCP3(=O)OCCC(c4cccc(Cl)c4)O3)cc2C)ccc1O. The molecule has 0 saturated carbocycles. The van der Waals surface area contributed by atoms with Crippen LogP contribution in [0.2, 0.25) is 5.02 Å². The fourth-order valence-corrected chi connectivity index (χ4v) is 6.28. The highest BCUT2D eigenvalue weighted by Gasteiger charge is 2.35. The summed E-state index contributed by atoms with van der Waals surface area (Å²) >= 11 is 6.11. The van der Waals surface area contributed by atoms with Gasteiger partial charge in [0.2, 0.25) is 0 Å². The zero-order valence-corrected chi connectivity index (χ0v) is 22.9. The van der Waals surface area contributed by atoms with Crippen molar-refractivity contribution < 1.29 is 23.5 Å². The lowest BCUT2D eigenvalue weighted by Crippen LogP contribution is -2.17. The average molecular weight is 529 g/mol. The Kier molecular flexibility index (Phi) is 8.47. The Labute approximate surface area is 218 Å². The smallest absolute Gasteiger partial charge is 0.368 e. The van der Waals surface area contributed by atoms with Crippen LogP contribution in [-0.2, 0) is 20.0 Å². The van der Waals surface area contributed by atoms with Crippen LogP contribution in [-0.4, -0.2) is 18.1 Å². The van der Waals surface area contributed by atoms with Gasteiger partial charge in [-0.05, 0) is 96.3 Å². The van der Waals surface area contributed by atoms with Crippen molar-refractivity contribution in [2.75, 3.05) is 13.0 Å². The Morgan fingerprint density at radius 1 is 1.14 bits per heavy atom. The van der Waals surface area contributed by atoms with Gasteiger partial charge in [-0.2, -0.15) is 0 Å². The van der Waals surface area contributed by atoms with Gasteiger partial charge in [0.1, 0.15) is 11.5 Å². The molecule has 7 heteroatoms. The highest BCUT2D eigenvalue weighted by atomic mass is 35.5. The minimum absolute atomic E-state index is 0.154. The van der Waals surface area contributed by atoms with Crippen LogP contribution in [0.25, 0.3) is 0 Å². The van der Waals surface area contributed by atoms with Crippen molar-refractivity contribution in [2.24, 2.45) is 0 Å². The zero-order valence-electron chi connectivity index (χ0n) is 21.3. The fraction of sp³-hybridized carbons (Fsp3) is 0.379. The van der Waals surface area contributed by atoms with E-state index in [0.717, 1.165) is 40.7 Å². The second-order valence-electron chi connectivity index (χ2n) is 9.57. The summed E-state index contributed by atoms with van der Waals surface area (Å²) in [7, 11) is -3.42. The van der Waals surface area contributed by atoms with Gasteiger partial charge in [-0.1, -0.05) is 49.7 Å². The molecule has 0 bridgehead atoms. The summed E-state index contributed by atoms with van der Waals surface area (Å²) in [6, 6.07) is 17.2. The topological polar surface area (TPSA) is 65.0 Å². The first-order valence-corrected chi connectivity index (χ1v) is 14.5. The normalized spacial score (nSPS) is 20.8. The molecule has 1 N–H and O–H groups in total. The number of rotatable bonds is 8. The van der Waals surface area contributed by atoms with Crippen LogP contribution in [0.5, 0.6) is 11.5 Å². The van der Waals surface area contributed by atoms with Crippen molar-refractivity contribution in [2.45, 2.75) is 59.0 Å². The Morgan fingerprint density at radius 3 is 2.58 bits per heavy atom. The van der Waals surface area contributed by atoms with E-state index in [1.165, 1.54) is 5.56 Å². The lowest BCUT2D eigenvalue weighted by atomic mass is 9.91. The molecule has 4 rings (SSSR count). The molecule has 1 saturated heterocycles. The third-order valence-electron chi connectivity index (χ3n) is 6.85. The van der Waals surface area contributed by atoms with Crippen LogP contribution < -0.4 is 4.74 Å². The number of aromatic hydroxyl groups is 1. The number of hydrogen-bond acceptors (Lipinski definition) is 5. The third-order valence-corrected chi connectivity index (χ3v) is 8.68. The number of benzene rings is 3. The number of ether oxygens (including phenoxy) is 1. The molecule has 0 aliphatic carbocycles. The molecular weight excluding hydrogens is 495 g/mol. The molecule has 192 valence electrons. The molecule has 0 aromatic heterocycles. The predicted molar refractivity (Wildman–Crippen MR) is 144 cm³/mol. The molecule has 36 heavy (non-hydrogen) atoms. The Hall–Kier alpha value is -2.30. The van der Waals surface area contributed by atoms with Crippen LogP contribution in [0.1, 0.15) is 72.1 Å². The summed E-state index contributed by atoms with van der Waals surface area (Å²) in [4.78, 5) is 0. The quantitative estimate of drug-likeness (QED) is 0.297. The maximum Gasteiger partial charge on any atom is 0.368 e. The summed E-state index contributed by atoms with van der Waals surface area (Å²) in [6.07, 6.45) is 1.83. The van der Waals surface area contributed by atoms with E-state index in [9.17, 15) is 9.67 Å². The average Bonchev–Trinajstić information content (AvgIpc) is 2.85. The lowest BCUT2D eigenvalue weighted by molar-refractivity contribution is 0.0725. The molecule has 3 aromatic rings. The summed E-state index contributed by atoms with van der Waals surface area (Å²) in [5, 5.41) is 10.9. The van der Waals surface area contributed by atoms with Gasteiger partial charge in [-0.25, -0.2) is 0 Å². The molecule has 1 aliphatic rings. The second-order valence-corrected chi connectivity index (χ2v) is 12.0. The number of halogens is 1. The molecule has 0 amide bonds. The van der Waals surface area contributed by atoms with Crippen molar-refractivity contribution in [1.82, 2.24) is 0 Å². The largest absolute Gasteiger partial charge is 0.508 e. The van der Waals surface area contributed by atoms with Gasteiger partial charge in [0.15, 0.2) is 6.35 Å². The van der Waals surface area contributed by atoms with Crippen molar-refractivity contribution in [1.29, 1.82) is 0 Å². The van der Waals surface area contributed by atoms with Gasteiger partial charge in [-0.3, -0.25) is 9.09 Å². The molecule has 3 atom stereocenters. The van der Waals surface area contributed by atoms with E-state index >= 15 is 0 Å². The first kappa shape index (κ1) is 26.8. The molecule has 1 aliphatic heterocycles. The molecule has 1 fully saturated rings. The second kappa shape index (κ2) is 11.4. The van der Waals surface area contributed by atoms with Crippen molar-refractivity contribution >= 4 is 19.2 Å². The first-order chi connectivity index (χ1) is 17.2. The number of aryl methyl sites for hydroxylation is 2. The Morgan fingerprint density at radius 2 is 1.89 bits per heavy atom. The van der Waals surface area contributed by atoms with E-state index in [0.29, 0.717) is 35.5 Å². The highest BCUT2D eigenvalue weighted by molar-refractivity contribution is 7.53. The van der Waals surface area contributed by atoms with E-state index < -0.39 is 7.60 Å². The Bertz CT molecular complexity index is 1250. The van der Waals surface area contributed by atoms with Gasteiger partial charge >= 0.3 is 7.60 Å². The molecule has 5 nitrogen and oxygen atoms in total. The summed E-state index contributed by atoms with van der Waals surface area (Å²) in [5.74, 6) is 1.28. The van der Waals surface area contributed by atoms with Crippen LogP contribution in [0, 0.1) is 13.8 Å². The summed E-state index contributed by atoms with van der Waals surface area (Å²) in [5.41, 5.74) is 6.41. The number of phenols is 1. The van der Waals surface area contributed by atoms with Gasteiger partial charge in [0, 0.05) is 11.4 Å². The van der Waals surface area contributed by atoms with Crippen molar-refractivity contribution in [3.63, 3.8) is 0 Å². The molecule has 1 heterocycles. The maximum absolute atomic E-state index is 13.3. The van der Waals surface area contributed by atoms with Crippen LogP contribution >= 0.6 is 19.2 Å². The predicted octanol–water partition coefficient (Wildman–Crippen LogP) is 8.47. The molecule has 0 radical (unpaired) electrons. The number of hydrogen-bond donors (Lipinski definition) is 1. The van der Waals surface area contributed by atoms with Crippen molar-refractivity contribution in [3.05, 3.63) is 93.0 Å². The summed E-state index contributed by atoms with van der Waals surface area (Å²) in [6.45, 7) is 8.69. The lowest BCUT2D eigenvalue weighted by Gasteiger charge is -2.30. The van der Waals surface area contributed by atoms with E-state index in [2.05, 4.69) is 33.8 Å². The molecule has 3 unspecified atom stereocenters. The Balaban J connectivity index is 1.45.